The van der Waals surface area contributed by atoms with Crippen molar-refractivity contribution in [2.75, 3.05) is 0 Å². The molecular formula is C12H15FO3S. The van der Waals surface area contributed by atoms with Gasteiger partial charge >= 0.3 is 0 Å². The summed E-state index contributed by atoms with van der Waals surface area (Å²) in [6.07, 6.45) is 0.407. The zero-order valence-corrected chi connectivity index (χ0v) is 10.3. The highest BCUT2D eigenvalue weighted by molar-refractivity contribution is 7.92. The highest BCUT2D eigenvalue weighted by Crippen LogP contribution is 2.34. The molecule has 0 spiro atoms. The van der Waals surface area contributed by atoms with E-state index >= 15 is 0 Å². The molecule has 1 aromatic carbocycles. The summed E-state index contributed by atoms with van der Waals surface area (Å²) < 4.78 is 37.3. The van der Waals surface area contributed by atoms with E-state index in [1.807, 2.05) is 0 Å². The third-order valence-electron chi connectivity index (χ3n) is 3.48. The van der Waals surface area contributed by atoms with Crippen molar-refractivity contribution in [3.63, 3.8) is 0 Å². The predicted molar refractivity (Wildman–Crippen MR) is 61.8 cm³/mol. The first-order chi connectivity index (χ1) is 7.93. The summed E-state index contributed by atoms with van der Waals surface area (Å²) in [7, 11) is -3.46. The van der Waals surface area contributed by atoms with Crippen molar-refractivity contribution in [2.24, 2.45) is 5.92 Å². The lowest BCUT2D eigenvalue weighted by Gasteiger charge is -2.17. The average molecular weight is 258 g/mol. The maximum absolute atomic E-state index is 12.8. The van der Waals surface area contributed by atoms with E-state index in [1.54, 1.807) is 6.92 Å². The van der Waals surface area contributed by atoms with Crippen molar-refractivity contribution in [1.82, 2.24) is 0 Å². The second-order valence-electron chi connectivity index (χ2n) is 4.54. The summed E-state index contributed by atoms with van der Waals surface area (Å²) >= 11 is 0. The van der Waals surface area contributed by atoms with Crippen LogP contribution < -0.4 is 0 Å². The molecule has 1 aromatic rings. The topological polar surface area (TPSA) is 54.4 Å². The smallest absolute Gasteiger partial charge is 0.181 e. The van der Waals surface area contributed by atoms with E-state index in [4.69, 9.17) is 0 Å². The van der Waals surface area contributed by atoms with Gasteiger partial charge in [0.25, 0.3) is 0 Å². The van der Waals surface area contributed by atoms with Crippen molar-refractivity contribution < 1.29 is 17.9 Å². The molecule has 1 aliphatic carbocycles. The Morgan fingerprint density at radius 2 is 1.82 bits per heavy atom. The van der Waals surface area contributed by atoms with Crippen LogP contribution in [0.1, 0.15) is 19.8 Å². The standard InChI is InChI=1S/C12H15FO3S/c1-8-11(14)6-7-12(8)17(15,16)10-4-2-9(13)3-5-10/h2-5,8,11-12,14H,6-7H2,1H3. The third-order valence-corrected chi connectivity index (χ3v) is 5.87. The van der Waals surface area contributed by atoms with Crippen molar-refractivity contribution in [2.45, 2.75) is 36.0 Å². The third kappa shape index (κ3) is 2.21. The number of sulfone groups is 1. The fraction of sp³-hybridized carbons (Fsp3) is 0.500. The minimum Gasteiger partial charge on any atom is -0.393 e. The van der Waals surface area contributed by atoms with Gasteiger partial charge in [0.05, 0.1) is 16.2 Å². The van der Waals surface area contributed by atoms with E-state index in [0.29, 0.717) is 12.8 Å². The number of halogens is 1. The molecule has 3 unspecified atom stereocenters. The van der Waals surface area contributed by atoms with Gasteiger partial charge in [0.15, 0.2) is 9.84 Å². The molecule has 3 nitrogen and oxygen atoms in total. The fourth-order valence-electron chi connectivity index (χ4n) is 2.35. The van der Waals surface area contributed by atoms with Crippen LogP contribution >= 0.6 is 0 Å². The molecule has 5 heteroatoms. The van der Waals surface area contributed by atoms with Gasteiger partial charge in [0, 0.05) is 0 Å². The summed E-state index contributed by atoms with van der Waals surface area (Å²) in [6, 6.07) is 4.84. The summed E-state index contributed by atoms with van der Waals surface area (Å²) in [5.41, 5.74) is 0. The van der Waals surface area contributed by atoms with E-state index < -0.39 is 27.0 Å². The normalized spacial score (nSPS) is 29.5. The molecule has 0 radical (unpaired) electrons. The number of hydrogen-bond donors (Lipinski definition) is 1. The zero-order chi connectivity index (χ0) is 12.6. The molecule has 1 N–H and O–H groups in total. The number of rotatable bonds is 2. The molecule has 3 atom stereocenters. The molecule has 0 aliphatic heterocycles. The number of aliphatic hydroxyl groups excluding tert-OH is 1. The summed E-state index contributed by atoms with van der Waals surface area (Å²) in [4.78, 5) is 0.129. The molecule has 0 aromatic heterocycles. The second kappa shape index (κ2) is 4.38. The van der Waals surface area contributed by atoms with Crippen LogP contribution in [0.15, 0.2) is 29.2 Å². The molecule has 2 rings (SSSR count). The largest absolute Gasteiger partial charge is 0.393 e. The van der Waals surface area contributed by atoms with E-state index in [9.17, 15) is 17.9 Å². The van der Waals surface area contributed by atoms with Crippen molar-refractivity contribution in [1.29, 1.82) is 0 Å². The molecule has 0 saturated heterocycles. The van der Waals surface area contributed by atoms with Gasteiger partial charge in [0.2, 0.25) is 0 Å². The minimum absolute atomic E-state index is 0.129. The van der Waals surface area contributed by atoms with Gasteiger partial charge in [-0.1, -0.05) is 6.92 Å². The Hall–Kier alpha value is -0.940. The Bertz CT molecular complexity index is 495. The first-order valence-corrected chi connectivity index (χ1v) is 7.15. The van der Waals surface area contributed by atoms with Crippen LogP contribution in [0, 0.1) is 11.7 Å². The molecular weight excluding hydrogens is 243 g/mol. The maximum atomic E-state index is 12.8. The van der Waals surface area contributed by atoms with Crippen LogP contribution in [-0.2, 0) is 9.84 Å². The van der Waals surface area contributed by atoms with Gasteiger partial charge in [-0.2, -0.15) is 0 Å². The molecule has 1 aliphatic rings. The molecule has 0 heterocycles. The Morgan fingerprint density at radius 1 is 1.24 bits per heavy atom. The van der Waals surface area contributed by atoms with E-state index in [2.05, 4.69) is 0 Å². The lowest BCUT2D eigenvalue weighted by Crippen LogP contribution is -2.27. The van der Waals surface area contributed by atoms with Crippen molar-refractivity contribution in [3.05, 3.63) is 30.1 Å². The maximum Gasteiger partial charge on any atom is 0.181 e. The van der Waals surface area contributed by atoms with Gasteiger partial charge in [-0.05, 0) is 43.0 Å². The SMILES string of the molecule is CC1C(O)CCC1S(=O)(=O)c1ccc(F)cc1. The first kappa shape index (κ1) is 12.5. The quantitative estimate of drug-likeness (QED) is 0.822. The fourth-order valence-corrected chi connectivity index (χ4v) is 4.40. The Labute approximate surface area is 100 Å². The van der Waals surface area contributed by atoms with E-state index in [-0.39, 0.29) is 10.8 Å². The Balaban J connectivity index is 2.34. The van der Waals surface area contributed by atoms with Crippen LogP contribution in [0.3, 0.4) is 0 Å². The van der Waals surface area contributed by atoms with E-state index in [1.165, 1.54) is 12.1 Å². The zero-order valence-electron chi connectivity index (χ0n) is 9.51. The van der Waals surface area contributed by atoms with Gasteiger partial charge in [-0.25, -0.2) is 12.8 Å². The molecule has 94 valence electrons. The van der Waals surface area contributed by atoms with Crippen molar-refractivity contribution in [3.8, 4) is 0 Å². The van der Waals surface area contributed by atoms with Crippen molar-refractivity contribution >= 4 is 9.84 Å². The van der Waals surface area contributed by atoms with Gasteiger partial charge < -0.3 is 5.11 Å². The summed E-state index contributed by atoms with van der Waals surface area (Å²) in [5, 5.41) is 9.03. The van der Waals surface area contributed by atoms with Crippen LogP contribution in [0.2, 0.25) is 0 Å². The van der Waals surface area contributed by atoms with Crippen LogP contribution in [-0.4, -0.2) is 24.9 Å². The molecule has 1 saturated carbocycles. The highest BCUT2D eigenvalue weighted by Gasteiger charge is 2.40. The average Bonchev–Trinajstić information content (AvgIpc) is 2.61. The second-order valence-corrected chi connectivity index (χ2v) is 6.71. The Morgan fingerprint density at radius 3 is 2.29 bits per heavy atom. The lowest BCUT2D eigenvalue weighted by molar-refractivity contribution is 0.142. The van der Waals surface area contributed by atoms with E-state index in [0.717, 1.165) is 12.1 Å². The summed E-state index contributed by atoms with van der Waals surface area (Å²) in [5.74, 6) is -0.728. The lowest BCUT2D eigenvalue weighted by atomic mass is 10.1. The molecule has 17 heavy (non-hydrogen) atoms. The molecule has 1 fully saturated rings. The van der Waals surface area contributed by atoms with Gasteiger partial charge in [-0.3, -0.25) is 0 Å². The predicted octanol–water partition coefficient (Wildman–Crippen LogP) is 1.76. The number of aliphatic hydroxyl groups is 1. The van der Waals surface area contributed by atoms with Gasteiger partial charge in [-0.15, -0.1) is 0 Å². The first-order valence-electron chi connectivity index (χ1n) is 5.60. The number of hydrogen-bond acceptors (Lipinski definition) is 3. The highest BCUT2D eigenvalue weighted by atomic mass is 32.2. The van der Waals surface area contributed by atoms with Gasteiger partial charge in [0.1, 0.15) is 5.82 Å². The monoisotopic (exact) mass is 258 g/mol. The van der Waals surface area contributed by atoms with Crippen LogP contribution in [0.5, 0.6) is 0 Å². The minimum atomic E-state index is -3.46. The number of benzene rings is 1. The van der Waals surface area contributed by atoms with Crippen LogP contribution in [0.25, 0.3) is 0 Å². The van der Waals surface area contributed by atoms with Crippen LogP contribution in [0.4, 0.5) is 4.39 Å². The molecule has 0 bridgehead atoms. The molecule has 0 amide bonds. The summed E-state index contributed by atoms with van der Waals surface area (Å²) in [6.45, 7) is 1.74. The Kier molecular flexibility index (Phi) is 3.23.